The number of hydrogen-bond acceptors (Lipinski definition) is 5. The van der Waals surface area contributed by atoms with Gasteiger partial charge in [-0.05, 0) is 81.9 Å². The van der Waals surface area contributed by atoms with Crippen LogP contribution in [0, 0.1) is 17.8 Å². The van der Waals surface area contributed by atoms with Crippen LogP contribution in [0.3, 0.4) is 0 Å². The molecule has 3 N–H and O–H groups in total. The Morgan fingerprint density at radius 2 is 1.88 bits per heavy atom. The Morgan fingerprint density at radius 1 is 1.16 bits per heavy atom. The summed E-state index contributed by atoms with van der Waals surface area (Å²) < 4.78 is 32.8. The highest BCUT2D eigenvalue weighted by Crippen LogP contribution is 2.49. The summed E-state index contributed by atoms with van der Waals surface area (Å²) in [5, 5.41) is 3.07. The predicted molar refractivity (Wildman–Crippen MR) is 120 cm³/mol. The number of nitrogens with one attached hydrogen (secondary N) is 1. The first-order valence-corrected chi connectivity index (χ1v) is 13.0. The van der Waals surface area contributed by atoms with Crippen molar-refractivity contribution in [2.24, 2.45) is 23.5 Å². The molecule has 2 saturated carbocycles. The van der Waals surface area contributed by atoms with Gasteiger partial charge in [-0.15, -0.1) is 0 Å². The van der Waals surface area contributed by atoms with E-state index in [-0.39, 0.29) is 28.2 Å². The van der Waals surface area contributed by atoms with Crippen molar-refractivity contribution in [1.29, 1.82) is 0 Å². The van der Waals surface area contributed by atoms with Crippen molar-refractivity contribution in [3.8, 4) is 5.75 Å². The Balaban J connectivity index is 1.44. The molecule has 8 nitrogen and oxygen atoms in total. The van der Waals surface area contributed by atoms with Gasteiger partial charge in [-0.3, -0.25) is 9.59 Å². The van der Waals surface area contributed by atoms with Gasteiger partial charge < -0.3 is 15.8 Å². The third-order valence-electron chi connectivity index (χ3n) is 7.40. The lowest BCUT2D eigenvalue weighted by atomic mass is 9.84. The summed E-state index contributed by atoms with van der Waals surface area (Å²) in [5.41, 5.74) is 5.45. The molecule has 9 heteroatoms. The molecule has 176 valence electrons. The van der Waals surface area contributed by atoms with Gasteiger partial charge in [0.1, 0.15) is 5.75 Å². The topological polar surface area (TPSA) is 119 Å². The average Bonchev–Trinajstić information content (AvgIpc) is 3.51. The number of nitrogens with zero attached hydrogens (tertiary/aromatic N) is 1. The molecule has 1 saturated heterocycles. The quantitative estimate of drug-likeness (QED) is 0.613. The van der Waals surface area contributed by atoms with Gasteiger partial charge in [0.15, 0.2) is 6.10 Å². The largest absolute Gasteiger partial charge is 0.480 e. The number of primary amides is 1. The summed E-state index contributed by atoms with van der Waals surface area (Å²) in [6, 6.07) is 4.12. The smallest absolute Gasteiger partial charge is 0.260 e. The van der Waals surface area contributed by atoms with E-state index in [9.17, 15) is 18.0 Å². The number of hydrogen-bond donors (Lipinski definition) is 2. The third kappa shape index (κ3) is 4.50. The van der Waals surface area contributed by atoms with Gasteiger partial charge in [0.2, 0.25) is 10.0 Å². The molecule has 1 aromatic rings. The fraction of sp³-hybridized carbons (Fsp3) is 0.652. The number of amides is 2. The highest BCUT2D eigenvalue weighted by atomic mass is 32.2. The first-order valence-electron chi connectivity index (χ1n) is 11.6. The van der Waals surface area contributed by atoms with Gasteiger partial charge in [0.25, 0.3) is 11.8 Å². The monoisotopic (exact) mass is 463 g/mol. The second-order valence-corrected chi connectivity index (χ2v) is 11.5. The molecule has 1 aromatic carbocycles. The number of rotatable bonds is 8. The number of benzene rings is 1. The lowest BCUT2D eigenvalue weighted by molar-refractivity contribution is -0.128. The average molecular weight is 464 g/mol. The van der Waals surface area contributed by atoms with E-state index in [4.69, 9.17) is 10.5 Å². The van der Waals surface area contributed by atoms with Gasteiger partial charge in [-0.2, -0.15) is 4.31 Å². The molecular weight excluding hydrogens is 430 g/mol. The van der Waals surface area contributed by atoms with Crippen LogP contribution in [-0.2, 0) is 14.8 Å². The molecule has 4 rings (SSSR count). The van der Waals surface area contributed by atoms with Crippen molar-refractivity contribution >= 4 is 21.8 Å². The highest BCUT2D eigenvalue weighted by molar-refractivity contribution is 7.89. The maximum Gasteiger partial charge on any atom is 0.260 e. The van der Waals surface area contributed by atoms with E-state index < -0.39 is 22.0 Å². The summed E-state index contributed by atoms with van der Waals surface area (Å²) in [7, 11) is -3.70. The molecule has 3 fully saturated rings. The molecule has 2 aliphatic carbocycles. The van der Waals surface area contributed by atoms with Crippen LogP contribution in [0.2, 0.25) is 0 Å². The van der Waals surface area contributed by atoms with Crippen LogP contribution in [0.5, 0.6) is 5.75 Å². The van der Waals surface area contributed by atoms with Gasteiger partial charge in [-0.25, -0.2) is 8.42 Å². The molecule has 0 spiro atoms. The van der Waals surface area contributed by atoms with Crippen molar-refractivity contribution in [3.63, 3.8) is 0 Å². The molecular formula is C23H33N3O5S. The van der Waals surface area contributed by atoms with Crippen molar-refractivity contribution in [1.82, 2.24) is 9.62 Å². The summed E-state index contributed by atoms with van der Waals surface area (Å²) in [5.74, 6) is 1.03. The molecule has 2 bridgehead atoms. The molecule has 1 aliphatic heterocycles. The number of ether oxygens (including phenoxy) is 1. The lowest BCUT2D eigenvalue weighted by Crippen LogP contribution is -2.45. The van der Waals surface area contributed by atoms with Gasteiger partial charge in [-0.1, -0.05) is 6.42 Å². The molecule has 0 aromatic heterocycles. The molecule has 1 heterocycles. The standard InChI is InChI=1S/C23H33N3O5S/c1-14(19-12-16-5-6-17(19)11-16)25-23(28)15(2)31-21-8-7-18(13-20(21)22(24)27)32(29,30)26-9-3-4-10-26/h7-8,13-17,19H,3-6,9-12H2,1-2H3,(H2,24,27)(H,25,28)/t14-,15+,16+,17+,19-/m0/s1. The van der Waals surface area contributed by atoms with Crippen LogP contribution in [0.1, 0.15) is 62.7 Å². The molecule has 3 aliphatic rings. The summed E-state index contributed by atoms with van der Waals surface area (Å²) in [6.07, 6.45) is 5.77. The van der Waals surface area contributed by atoms with Crippen molar-refractivity contribution in [3.05, 3.63) is 23.8 Å². The molecule has 0 unspecified atom stereocenters. The number of nitrogens with two attached hydrogens (primary N) is 1. The van der Waals surface area contributed by atoms with E-state index in [1.54, 1.807) is 6.92 Å². The zero-order valence-corrected chi connectivity index (χ0v) is 19.6. The maximum atomic E-state index is 12.8. The van der Waals surface area contributed by atoms with E-state index in [0.29, 0.717) is 24.9 Å². The number of fused-ring (bicyclic) bond motifs is 2. The van der Waals surface area contributed by atoms with E-state index in [1.165, 1.54) is 48.2 Å². The van der Waals surface area contributed by atoms with Crippen LogP contribution in [0.25, 0.3) is 0 Å². The van der Waals surface area contributed by atoms with Crippen LogP contribution in [0.4, 0.5) is 0 Å². The predicted octanol–water partition coefficient (Wildman–Crippen LogP) is 2.28. The molecule has 5 atom stereocenters. The number of carbonyl (C=O) groups is 2. The van der Waals surface area contributed by atoms with Gasteiger partial charge >= 0.3 is 0 Å². The lowest BCUT2D eigenvalue weighted by Gasteiger charge is -2.29. The Labute approximate surface area is 189 Å². The minimum Gasteiger partial charge on any atom is -0.480 e. The normalized spacial score (nSPS) is 27.2. The molecule has 32 heavy (non-hydrogen) atoms. The van der Waals surface area contributed by atoms with E-state index >= 15 is 0 Å². The van der Waals surface area contributed by atoms with E-state index in [1.807, 2.05) is 6.92 Å². The maximum absolute atomic E-state index is 12.8. The minimum atomic E-state index is -3.70. The Morgan fingerprint density at radius 3 is 2.47 bits per heavy atom. The third-order valence-corrected chi connectivity index (χ3v) is 9.29. The van der Waals surface area contributed by atoms with Crippen molar-refractivity contribution in [2.45, 2.75) is 69.4 Å². The Bertz CT molecular complexity index is 989. The van der Waals surface area contributed by atoms with Gasteiger partial charge in [0, 0.05) is 19.1 Å². The fourth-order valence-electron chi connectivity index (χ4n) is 5.64. The first kappa shape index (κ1) is 23.0. The number of sulfonamides is 1. The van der Waals surface area contributed by atoms with Crippen LogP contribution in [-0.4, -0.2) is 49.8 Å². The van der Waals surface area contributed by atoms with Crippen LogP contribution in [0.15, 0.2) is 23.1 Å². The summed E-state index contributed by atoms with van der Waals surface area (Å²) in [4.78, 5) is 24.8. The van der Waals surface area contributed by atoms with Gasteiger partial charge in [0.05, 0.1) is 10.5 Å². The minimum absolute atomic E-state index is 0.00237. The molecule has 0 radical (unpaired) electrons. The zero-order valence-electron chi connectivity index (χ0n) is 18.7. The SMILES string of the molecule is C[C@H](NC(=O)[C@@H](C)Oc1ccc(S(=O)(=O)N2CCCC2)cc1C(N)=O)[C@@H]1C[C@@H]2CC[C@@H]1C2. The highest BCUT2D eigenvalue weighted by Gasteiger charge is 2.42. The first-order chi connectivity index (χ1) is 15.2. The second kappa shape index (κ2) is 9.02. The van der Waals surface area contributed by atoms with Crippen LogP contribution >= 0.6 is 0 Å². The summed E-state index contributed by atoms with van der Waals surface area (Å²) >= 11 is 0. The van der Waals surface area contributed by atoms with Crippen molar-refractivity contribution < 1.29 is 22.7 Å². The number of carbonyl (C=O) groups excluding carboxylic acids is 2. The van der Waals surface area contributed by atoms with Crippen LogP contribution < -0.4 is 15.8 Å². The summed E-state index contributed by atoms with van der Waals surface area (Å²) in [6.45, 7) is 4.58. The second-order valence-electron chi connectivity index (χ2n) is 9.53. The van der Waals surface area contributed by atoms with E-state index in [0.717, 1.165) is 18.8 Å². The Hall–Kier alpha value is -2.13. The Kier molecular flexibility index (Phi) is 6.49. The van der Waals surface area contributed by atoms with Crippen molar-refractivity contribution in [2.75, 3.05) is 13.1 Å². The molecule has 2 amide bonds. The zero-order chi connectivity index (χ0) is 23.0. The van der Waals surface area contributed by atoms with E-state index in [2.05, 4.69) is 5.32 Å². The fourth-order valence-corrected chi connectivity index (χ4v) is 7.19.